The lowest BCUT2D eigenvalue weighted by Gasteiger charge is -2.14. The van der Waals surface area contributed by atoms with E-state index >= 15 is 0 Å². The highest BCUT2D eigenvalue weighted by Gasteiger charge is 2.27. The first kappa shape index (κ1) is 13.7. The van der Waals surface area contributed by atoms with Crippen molar-refractivity contribution in [2.75, 3.05) is 19.6 Å². The zero-order chi connectivity index (χ0) is 11.6. The Labute approximate surface area is 87.1 Å². The zero-order valence-corrected chi connectivity index (χ0v) is 10.2. The molecule has 0 rings (SSSR count). The summed E-state index contributed by atoms with van der Waals surface area (Å²) in [5, 5.41) is -0.847. The average Bonchev–Trinajstić information content (AvgIpc) is 2.00. The van der Waals surface area contributed by atoms with Crippen LogP contribution < -0.4 is 4.72 Å². The third-order valence-corrected chi connectivity index (χ3v) is 5.26. The van der Waals surface area contributed by atoms with Crippen LogP contribution in [-0.4, -0.2) is 45.3 Å². The molecule has 0 saturated heterocycles. The molecule has 0 spiro atoms. The largest absolute Gasteiger partial charge is 0.317 e. The van der Waals surface area contributed by atoms with Gasteiger partial charge in [-0.05, 0) is 6.26 Å². The van der Waals surface area contributed by atoms with E-state index in [9.17, 15) is 21.6 Å². The number of nitrogens with one attached hydrogen (secondary N) is 1. The molecular weight excluding hydrogens is 252 g/mol. The smallest absolute Gasteiger partial charge is 0.261 e. The summed E-state index contributed by atoms with van der Waals surface area (Å²) in [6.45, 7) is 0. The van der Waals surface area contributed by atoms with E-state index in [4.69, 9.17) is 0 Å². The molecule has 0 atom stereocenters. The maximum atomic E-state index is 11.1. The Morgan fingerprint density at radius 2 is 1.71 bits per heavy atom. The third kappa shape index (κ3) is 3.82. The molecule has 84 valence electrons. The van der Waals surface area contributed by atoms with E-state index in [2.05, 4.69) is 0 Å². The van der Waals surface area contributed by atoms with Gasteiger partial charge in [-0.1, -0.05) is 15.5 Å². The Bertz CT molecular complexity index is 410. The quantitative estimate of drug-likeness (QED) is 0.714. The molecular formula is C4H10N2O5S3. The van der Waals surface area contributed by atoms with Crippen LogP contribution in [0.2, 0.25) is 0 Å². The molecule has 10 heteroatoms. The van der Waals surface area contributed by atoms with E-state index < -0.39 is 25.5 Å². The highest BCUT2D eigenvalue weighted by atomic mass is 32.3. The van der Waals surface area contributed by atoms with Crippen molar-refractivity contribution in [1.82, 2.24) is 8.43 Å². The normalized spacial score (nSPS) is 12.9. The van der Waals surface area contributed by atoms with Gasteiger partial charge in [-0.25, -0.2) is 13.1 Å². The lowest BCUT2D eigenvalue weighted by atomic mass is 11.4. The predicted octanol–water partition coefficient (Wildman–Crippen LogP) is -0.805. The van der Waals surface area contributed by atoms with Gasteiger partial charge in [0.2, 0.25) is 10.0 Å². The summed E-state index contributed by atoms with van der Waals surface area (Å²) in [5.74, 6) is 0. The SMILES string of the molecule is CSC(=O)NS(=O)(=O)N(C)S(C)(=O)=O. The molecule has 0 aliphatic heterocycles. The molecule has 0 heterocycles. The molecule has 0 radical (unpaired) electrons. The van der Waals surface area contributed by atoms with Gasteiger partial charge in [0.15, 0.2) is 0 Å². The van der Waals surface area contributed by atoms with Crippen molar-refractivity contribution in [1.29, 1.82) is 0 Å². The van der Waals surface area contributed by atoms with Gasteiger partial charge in [0, 0.05) is 7.05 Å². The molecule has 0 aliphatic carbocycles. The molecule has 14 heavy (non-hydrogen) atoms. The molecule has 0 aromatic rings. The molecule has 0 fully saturated rings. The Morgan fingerprint density at radius 3 is 2.00 bits per heavy atom. The molecule has 0 aliphatic rings. The van der Waals surface area contributed by atoms with Crippen molar-refractivity contribution in [3.8, 4) is 0 Å². The van der Waals surface area contributed by atoms with Crippen LogP contribution in [-0.2, 0) is 20.2 Å². The number of hydrogen-bond acceptors (Lipinski definition) is 6. The summed E-state index contributed by atoms with van der Waals surface area (Å²) in [6.07, 6.45) is 2.08. The molecule has 0 unspecified atom stereocenters. The van der Waals surface area contributed by atoms with Crippen LogP contribution >= 0.6 is 11.8 Å². The second-order valence-electron chi connectivity index (χ2n) is 2.24. The fraction of sp³-hybridized carbons (Fsp3) is 0.750. The number of amides is 1. The third-order valence-electron chi connectivity index (χ3n) is 1.20. The predicted molar refractivity (Wildman–Crippen MR) is 53.6 cm³/mol. The topological polar surface area (TPSA) is 101 Å². The van der Waals surface area contributed by atoms with Crippen molar-refractivity contribution in [2.24, 2.45) is 0 Å². The average molecular weight is 262 g/mol. The molecule has 0 saturated carbocycles. The van der Waals surface area contributed by atoms with Gasteiger partial charge in [0.1, 0.15) is 0 Å². The van der Waals surface area contributed by atoms with Crippen LogP contribution in [0.3, 0.4) is 0 Å². The molecule has 0 aromatic carbocycles. The Morgan fingerprint density at radius 1 is 1.29 bits per heavy atom. The van der Waals surface area contributed by atoms with Gasteiger partial charge in [0.25, 0.3) is 5.24 Å². The van der Waals surface area contributed by atoms with Gasteiger partial charge in [-0.2, -0.15) is 8.42 Å². The van der Waals surface area contributed by atoms with Gasteiger partial charge in [-0.3, -0.25) is 4.79 Å². The maximum Gasteiger partial charge on any atom is 0.317 e. The Balaban J connectivity index is 4.92. The highest BCUT2D eigenvalue weighted by Crippen LogP contribution is 2.03. The van der Waals surface area contributed by atoms with Crippen molar-refractivity contribution in [3.05, 3.63) is 0 Å². The van der Waals surface area contributed by atoms with Crippen LogP contribution in [0.1, 0.15) is 0 Å². The summed E-state index contributed by atoms with van der Waals surface area (Å²) in [7, 11) is -7.36. The first-order valence-electron chi connectivity index (χ1n) is 3.16. The van der Waals surface area contributed by atoms with Gasteiger partial charge in [0.05, 0.1) is 6.26 Å². The van der Waals surface area contributed by atoms with Gasteiger partial charge in [-0.15, -0.1) is 0 Å². The highest BCUT2D eigenvalue weighted by molar-refractivity contribution is 8.14. The van der Waals surface area contributed by atoms with Crippen LogP contribution in [0.5, 0.6) is 0 Å². The van der Waals surface area contributed by atoms with Gasteiger partial charge >= 0.3 is 10.2 Å². The Kier molecular flexibility index (Phi) is 4.36. The molecule has 0 bridgehead atoms. The zero-order valence-electron chi connectivity index (χ0n) is 7.71. The molecule has 1 N–H and O–H groups in total. The fourth-order valence-corrected chi connectivity index (χ4v) is 2.92. The van der Waals surface area contributed by atoms with Crippen molar-refractivity contribution in [3.63, 3.8) is 0 Å². The van der Waals surface area contributed by atoms with E-state index in [0.29, 0.717) is 11.8 Å². The number of thioether (sulfide) groups is 1. The van der Waals surface area contributed by atoms with Crippen LogP contribution in [0.4, 0.5) is 4.79 Å². The van der Waals surface area contributed by atoms with E-state index in [0.717, 1.165) is 13.3 Å². The summed E-state index contributed by atoms with van der Waals surface area (Å²) < 4.78 is 45.6. The minimum Gasteiger partial charge on any atom is -0.261 e. The van der Waals surface area contributed by atoms with Crippen LogP contribution in [0.25, 0.3) is 0 Å². The number of carbonyl (C=O) groups is 1. The van der Waals surface area contributed by atoms with Crippen LogP contribution in [0.15, 0.2) is 0 Å². The van der Waals surface area contributed by atoms with Crippen molar-refractivity contribution >= 4 is 37.2 Å². The van der Waals surface area contributed by atoms with Crippen LogP contribution in [0, 0.1) is 0 Å². The standard InChI is InChI=1S/C4H10N2O5S3/c1-6(13(3,8)9)14(10,11)5-4(7)12-2/h1-3H3,(H,5,7). The minimum atomic E-state index is -4.30. The van der Waals surface area contributed by atoms with E-state index in [-0.39, 0.29) is 3.71 Å². The van der Waals surface area contributed by atoms with Crippen molar-refractivity contribution < 1.29 is 21.6 Å². The second-order valence-corrected chi connectivity index (χ2v) is 6.97. The summed E-state index contributed by atoms with van der Waals surface area (Å²) >= 11 is 0.629. The second kappa shape index (κ2) is 4.47. The maximum absolute atomic E-state index is 11.1. The summed E-state index contributed by atoms with van der Waals surface area (Å²) in [6, 6.07) is 0. The number of nitrogens with zero attached hydrogens (tertiary/aromatic N) is 1. The summed E-state index contributed by atoms with van der Waals surface area (Å²) in [5.41, 5.74) is 0. The molecule has 1 amide bonds. The van der Waals surface area contributed by atoms with E-state index in [1.165, 1.54) is 6.26 Å². The number of carbonyl (C=O) groups excluding carboxylic acids is 1. The number of rotatable bonds is 3. The van der Waals surface area contributed by atoms with Gasteiger partial charge < -0.3 is 0 Å². The lowest BCUT2D eigenvalue weighted by molar-refractivity contribution is 0.264. The van der Waals surface area contributed by atoms with E-state index in [1.54, 1.807) is 4.72 Å². The lowest BCUT2D eigenvalue weighted by Crippen LogP contribution is -2.42. The minimum absolute atomic E-state index is 0.0914. The first-order chi connectivity index (χ1) is 6.11. The molecule has 0 aromatic heterocycles. The first-order valence-corrected chi connectivity index (χ1v) is 7.67. The van der Waals surface area contributed by atoms with E-state index in [1.807, 2.05) is 0 Å². The number of sulfonamides is 1. The number of hydrogen-bond donors (Lipinski definition) is 1. The fourth-order valence-electron chi connectivity index (χ4n) is 0.389. The molecule has 7 nitrogen and oxygen atoms in total. The Hall–Kier alpha value is -0.320. The monoisotopic (exact) mass is 262 g/mol. The van der Waals surface area contributed by atoms with Crippen molar-refractivity contribution in [2.45, 2.75) is 0 Å². The summed E-state index contributed by atoms with van der Waals surface area (Å²) in [4.78, 5) is 10.7.